The molecule has 28 heavy (non-hydrogen) atoms. The van der Waals surface area contributed by atoms with Crippen LogP contribution in [-0.2, 0) is 0 Å². The molecular formula is C24H21N3O. The van der Waals surface area contributed by atoms with Crippen molar-refractivity contribution >= 4 is 11.9 Å². The standard InChI is InChI=1S/C24H21N3O/c1-18-23(19(2)27(25-18)21-10-4-3-5-11-21)13-14-24(28)20-9-8-12-22(17-20)26-15-6-7-16-26/h3-17H,1-2H3/b14-13+. The Morgan fingerprint density at radius 3 is 2.36 bits per heavy atom. The molecule has 0 saturated carbocycles. The molecule has 0 bridgehead atoms. The molecule has 4 rings (SSSR count). The monoisotopic (exact) mass is 367 g/mol. The Bertz CT molecular complexity index is 1140. The minimum absolute atomic E-state index is 0.0275. The average molecular weight is 367 g/mol. The molecule has 0 amide bonds. The number of ketones is 1. The quantitative estimate of drug-likeness (QED) is 0.360. The van der Waals surface area contributed by atoms with Gasteiger partial charge in [0.05, 0.1) is 11.4 Å². The molecular weight excluding hydrogens is 346 g/mol. The molecule has 0 aliphatic heterocycles. The minimum Gasteiger partial charge on any atom is -0.324 e. The lowest BCUT2D eigenvalue weighted by atomic mass is 10.1. The molecule has 0 atom stereocenters. The summed E-state index contributed by atoms with van der Waals surface area (Å²) in [6, 6.07) is 21.6. The van der Waals surface area contributed by atoms with Gasteiger partial charge in [0, 0.05) is 34.9 Å². The van der Waals surface area contributed by atoms with Crippen molar-refractivity contribution in [2.75, 3.05) is 0 Å². The summed E-state index contributed by atoms with van der Waals surface area (Å²) in [4.78, 5) is 12.7. The average Bonchev–Trinajstić information content (AvgIpc) is 3.36. The van der Waals surface area contributed by atoms with E-state index in [0.717, 1.165) is 28.3 Å². The van der Waals surface area contributed by atoms with Crippen LogP contribution in [0.5, 0.6) is 0 Å². The van der Waals surface area contributed by atoms with E-state index in [9.17, 15) is 4.79 Å². The van der Waals surface area contributed by atoms with Crippen LogP contribution in [0.25, 0.3) is 17.5 Å². The maximum atomic E-state index is 12.7. The highest BCUT2D eigenvalue weighted by Gasteiger charge is 2.11. The van der Waals surface area contributed by atoms with Crippen LogP contribution in [0.3, 0.4) is 0 Å². The van der Waals surface area contributed by atoms with E-state index in [1.54, 1.807) is 6.08 Å². The number of hydrogen-bond donors (Lipinski definition) is 0. The Morgan fingerprint density at radius 1 is 0.893 bits per heavy atom. The van der Waals surface area contributed by atoms with E-state index >= 15 is 0 Å². The largest absolute Gasteiger partial charge is 0.324 e. The van der Waals surface area contributed by atoms with E-state index < -0.39 is 0 Å². The molecule has 0 aliphatic carbocycles. The number of aromatic nitrogens is 3. The first-order chi connectivity index (χ1) is 13.6. The summed E-state index contributed by atoms with van der Waals surface area (Å²) in [6.45, 7) is 3.98. The van der Waals surface area contributed by atoms with Crippen LogP contribution in [0.1, 0.15) is 27.3 Å². The number of carbonyl (C=O) groups is 1. The molecule has 4 nitrogen and oxygen atoms in total. The first kappa shape index (κ1) is 17.7. The molecule has 0 unspecified atom stereocenters. The molecule has 0 saturated heterocycles. The molecule has 4 aromatic rings. The Labute approximate surface area is 164 Å². The molecule has 4 heteroatoms. The maximum absolute atomic E-state index is 12.7. The molecule has 2 heterocycles. The van der Waals surface area contributed by atoms with Crippen LogP contribution >= 0.6 is 0 Å². The number of carbonyl (C=O) groups excluding carboxylic acids is 1. The second kappa shape index (κ2) is 7.53. The highest BCUT2D eigenvalue weighted by Crippen LogP contribution is 2.20. The summed E-state index contributed by atoms with van der Waals surface area (Å²) in [7, 11) is 0. The molecule has 138 valence electrons. The number of rotatable bonds is 5. The summed E-state index contributed by atoms with van der Waals surface area (Å²) in [5.41, 5.74) is 5.51. The Balaban J connectivity index is 1.61. The van der Waals surface area contributed by atoms with Crippen LogP contribution in [0.15, 0.2) is 85.2 Å². The number of hydrogen-bond acceptors (Lipinski definition) is 2. The zero-order valence-electron chi connectivity index (χ0n) is 15.9. The highest BCUT2D eigenvalue weighted by molar-refractivity contribution is 6.07. The summed E-state index contributed by atoms with van der Waals surface area (Å²) in [6.07, 6.45) is 7.41. The van der Waals surface area contributed by atoms with Gasteiger partial charge in [0.1, 0.15) is 0 Å². The Kier molecular flexibility index (Phi) is 4.77. The van der Waals surface area contributed by atoms with Crippen LogP contribution in [-0.4, -0.2) is 20.1 Å². The molecule has 0 radical (unpaired) electrons. The predicted octanol–water partition coefficient (Wildman–Crippen LogP) is 5.18. The molecule has 2 aromatic carbocycles. The van der Waals surface area contributed by atoms with Crippen LogP contribution < -0.4 is 0 Å². The summed E-state index contributed by atoms with van der Waals surface area (Å²) < 4.78 is 3.89. The zero-order valence-corrected chi connectivity index (χ0v) is 15.9. The van der Waals surface area contributed by atoms with Crippen molar-refractivity contribution in [2.24, 2.45) is 0 Å². The van der Waals surface area contributed by atoms with Gasteiger partial charge >= 0.3 is 0 Å². The van der Waals surface area contributed by atoms with Gasteiger partial charge < -0.3 is 4.57 Å². The zero-order chi connectivity index (χ0) is 19.5. The van der Waals surface area contributed by atoms with Crippen LogP contribution in [0.4, 0.5) is 0 Å². The molecule has 0 spiro atoms. The van der Waals surface area contributed by atoms with Gasteiger partial charge in [-0.2, -0.15) is 5.10 Å². The van der Waals surface area contributed by atoms with E-state index in [0.29, 0.717) is 5.56 Å². The van der Waals surface area contributed by atoms with E-state index in [1.807, 2.05) is 108 Å². The molecule has 0 fully saturated rings. The lowest BCUT2D eigenvalue weighted by molar-refractivity contribution is 0.104. The maximum Gasteiger partial charge on any atom is 0.185 e. The van der Waals surface area contributed by atoms with Crippen molar-refractivity contribution < 1.29 is 4.79 Å². The van der Waals surface area contributed by atoms with Gasteiger partial charge in [-0.05, 0) is 62.4 Å². The molecule has 0 N–H and O–H groups in total. The number of nitrogens with zero attached hydrogens (tertiary/aromatic N) is 3. The fourth-order valence-corrected chi connectivity index (χ4v) is 3.30. The lowest BCUT2D eigenvalue weighted by Gasteiger charge is -2.04. The van der Waals surface area contributed by atoms with Crippen LogP contribution in [0.2, 0.25) is 0 Å². The number of para-hydroxylation sites is 1. The highest BCUT2D eigenvalue weighted by atomic mass is 16.1. The summed E-state index contributed by atoms with van der Waals surface area (Å²) in [5, 5.41) is 4.63. The molecule has 0 aliphatic rings. The van der Waals surface area contributed by atoms with Crippen LogP contribution in [0, 0.1) is 13.8 Å². The van der Waals surface area contributed by atoms with E-state index in [-0.39, 0.29) is 5.78 Å². The van der Waals surface area contributed by atoms with Gasteiger partial charge in [0.2, 0.25) is 0 Å². The van der Waals surface area contributed by atoms with Crippen molar-refractivity contribution in [1.29, 1.82) is 0 Å². The topological polar surface area (TPSA) is 39.8 Å². The van der Waals surface area contributed by atoms with Gasteiger partial charge in [0.15, 0.2) is 5.78 Å². The second-order valence-electron chi connectivity index (χ2n) is 6.67. The number of benzene rings is 2. The first-order valence-corrected chi connectivity index (χ1v) is 9.21. The second-order valence-corrected chi connectivity index (χ2v) is 6.67. The summed E-state index contributed by atoms with van der Waals surface area (Å²) in [5.74, 6) is -0.0275. The SMILES string of the molecule is Cc1nn(-c2ccccc2)c(C)c1/C=C/C(=O)c1cccc(-n2cccc2)c1. The number of aryl methyl sites for hydroxylation is 1. The van der Waals surface area contributed by atoms with Gasteiger partial charge in [-0.3, -0.25) is 4.79 Å². The molecule has 2 aromatic heterocycles. The Morgan fingerprint density at radius 2 is 1.61 bits per heavy atom. The third kappa shape index (κ3) is 3.45. The van der Waals surface area contributed by atoms with Gasteiger partial charge in [-0.25, -0.2) is 4.68 Å². The van der Waals surface area contributed by atoms with Crippen molar-refractivity contribution in [2.45, 2.75) is 13.8 Å². The third-order valence-corrected chi connectivity index (χ3v) is 4.78. The third-order valence-electron chi connectivity index (χ3n) is 4.78. The normalized spacial score (nSPS) is 11.2. The van der Waals surface area contributed by atoms with E-state index in [2.05, 4.69) is 5.10 Å². The predicted molar refractivity (Wildman–Crippen MR) is 112 cm³/mol. The van der Waals surface area contributed by atoms with Crippen molar-refractivity contribution in [3.63, 3.8) is 0 Å². The van der Waals surface area contributed by atoms with E-state index in [4.69, 9.17) is 0 Å². The van der Waals surface area contributed by atoms with E-state index in [1.165, 1.54) is 0 Å². The van der Waals surface area contributed by atoms with Crippen molar-refractivity contribution in [1.82, 2.24) is 14.3 Å². The summed E-state index contributed by atoms with van der Waals surface area (Å²) >= 11 is 0. The van der Waals surface area contributed by atoms with Crippen molar-refractivity contribution in [3.05, 3.63) is 108 Å². The van der Waals surface area contributed by atoms with Gasteiger partial charge in [-0.1, -0.05) is 30.3 Å². The van der Waals surface area contributed by atoms with Crippen molar-refractivity contribution in [3.8, 4) is 11.4 Å². The lowest BCUT2D eigenvalue weighted by Crippen LogP contribution is -1.99. The fourth-order valence-electron chi connectivity index (χ4n) is 3.30. The van der Waals surface area contributed by atoms with Gasteiger partial charge in [-0.15, -0.1) is 0 Å². The first-order valence-electron chi connectivity index (χ1n) is 9.21. The Hall–Kier alpha value is -3.66. The minimum atomic E-state index is -0.0275. The smallest absolute Gasteiger partial charge is 0.185 e. The fraction of sp³-hybridized carbons (Fsp3) is 0.0833. The van der Waals surface area contributed by atoms with Gasteiger partial charge in [0.25, 0.3) is 0 Å². The number of allylic oxidation sites excluding steroid dienone is 1.